The molecule has 0 aliphatic heterocycles. The average molecular weight is 440 g/mol. The van der Waals surface area contributed by atoms with E-state index in [-0.39, 0.29) is 16.9 Å². The first-order chi connectivity index (χ1) is 15.3. The molecule has 2 N–H and O–H groups in total. The van der Waals surface area contributed by atoms with Gasteiger partial charge in [-0.2, -0.15) is 18.3 Å². The van der Waals surface area contributed by atoms with Crippen LogP contribution in [0.15, 0.2) is 66.7 Å². The molecule has 0 saturated carbocycles. The zero-order valence-corrected chi connectivity index (χ0v) is 17.0. The maximum absolute atomic E-state index is 13.0. The number of carbonyl (C=O) groups is 1. The normalized spacial score (nSPS) is 12.7. The number of aliphatic hydroxyl groups is 1. The molecule has 0 spiro atoms. The van der Waals surface area contributed by atoms with Crippen molar-refractivity contribution in [1.82, 2.24) is 14.6 Å². The van der Waals surface area contributed by atoms with E-state index in [0.29, 0.717) is 5.65 Å². The van der Waals surface area contributed by atoms with Crippen molar-refractivity contribution in [3.05, 3.63) is 83.6 Å². The van der Waals surface area contributed by atoms with Gasteiger partial charge in [-0.15, -0.1) is 0 Å². The molecule has 2 aromatic heterocycles. The maximum Gasteiger partial charge on any atom is 0.397 e. The number of fused-ring (bicyclic) bond motifs is 1. The molecule has 0 fully saturated rings. The fourth-order valence-corrected chi connectivity index (χ4v) is 3.42. The van der Waals surface area contributed by atoms with Crippen molar-refractivity contribution < 1.29 is 23.1 Å². The lowest BCUT2D eigenvalue weighted by atomic mass is 9.98. The molecule has 9 heteroatoms. The zero-order chi connectivity index (χ0) is 22.9. The quantitative estimate of drug-likeness (QED) is 0.476. The lowest BCUT2D eigenvalue weighted by Crippen LogP contribution is -2.24. The predicted octanol–water partition coefficient (Wildman–Crippen LogP) is 4.60. The van der Waals surface area contributed by atoms with E-state index in [1.165, 1.54) is 24.3 Å². The number of hydrogen-bond donors (Lipinski definition) is 2. The van der Waals surface area contributed by atoms with Gasteiger partial charge in [0.05, 0.1) is 18.0 Å². The summed E-state index contributed by atoms with van der Waals surface area (Å²) in [5.74, 6) is -2.23. The van der Waals surface area contributed by atoms with Crippen molar-refractivity contribution in [2.75, 3.05) is 11.9 Å². The number of amides is 1. The van der Waals surface area contributed by atoms with Gasteiger partial charge in [0.25, 0.3) is 5.91 Å². The number of anilines is 1. The Hall–Kier alpha value is -3.72. The Morgan fingerprint density at radius 1 is 1.09 bits per heavy atom. The number of hydrogen-bond acceptors (Lipinski definition) is 4. The van der Waals surface area contributed by atoms with Crippen LogP contribution in [0.5, 0.6) is 0 Å². The van der Waals surface area contributed by atoms with Crippen LogP contribution < -0.4 is 5.32 Å². The Bertz CT molecular complexity index is 1250. The summed E-state index contributed by atoms with van der Waals surface area (Å²) in [6.45, 7) is 0.774. The molecule has 32 heavy (non-hydrogen) atoms. The highest BCUT2D eigenvalue weighted by Gasteiger charge is 2.40. The second kappa shape index (κ2) is 8.43. The lowest BCUT2D eigenvalue weighted by Gasteiger charge is -2.18. The minimum Gasteiger partial charge on any atom is -0.395 e. The average Bonchev–Trinajstić information content (AvgIpc) is 3.13. The Morgan fingerprint density at radius 2 is 1.78 bits per heavy atom. The molecule has 0 aliphatic carbocycles. The largest absolute Gasteiger partial charge is 0.397 e. The summed E-state index contributed by atoms with van der Waals surface area (Å²) in [4.78, 5) is 17.1. The van der Waals surface area contributed by atoms with Crippen LogP contribution in [0.4, 0.5) is 19.0 Å². The molecular weight excluding hydrogens is 421 g/mol. The van der Waals surface area contributed by atoms with E-state index in [9.17, 15) is 18.0 Å². The number of alkyl halides is 3. The molecule has 0 saturated heterocycles. The standard InChI is InChI=1S/C23H19F3N4O2/c1-14-11-21-27-20(12-19(30(21)29-14)16-5-3-2-4-6-16)28-22(32)17-9-7-15(8-10-17)18(13-31)23(24,25)26/h2-12,18,31H,13H2,1H3,(H,27,28,32). The van der Waals surface area contributed by atoms with Crippen LogP contribution in [0, 0.1) is 6.92 Å². The third kappa shape index (κ3) is 4.33. The third-order valence-corrected chi connectivity index (χ3v) is 5.01. The number of nitrogens with one attached hydrogen (secondary N) is 1. The fourth-order valence-electron chi connectivity index (χ4n) is 3.42. The van der Waals surface area contributed by atoms with E-state index in [2.05, 4.69) is 15.4 Å². The molecule has 6 nitrogen and oxygen atoms in total. The molecule has 1 amide bonds. The molecule has 0 radical (unpaired) electrons. The van der Waals surface area contributed by atoms with Crippen LogP contribution in [-0.2, 0) is 0 Å². The Kier molecular flexibility index (Phi) is 5.67. The number of aliphatic hydroxyl groups excluding tert-OH is 1. The summed E-state index contributed by atoms with van der Waals surface area (Å²) in [5, 5.41) is 16.2. The monoisotopic (exact) mass is 440 g/mol. The van der Waals surface area contributed by atoms with Gasteiger partial charge in [-0.05, 0) is 24.6 Å². The predicted molar refractivity (Wildman–Crippen MR) is 113 cm³/mol. The lowest BCUT2D eigenvalue weighted by molar-refractivity contribution is -0.158. The molecule has 0 aliphatic rings. The Morgan fingerprint density at radius 3 is 2.41 bits per heavy atom. The second-order valence-electron chi connectivity index (χ2n) is 7.30. The third-order valence-electron chi connectivity index (χ3n) is 5.01. The Labute approximate surface area is 181 Å². The van der Waals surface area contributed by atoms with Crippen LogP contribution in [0.1, 0.15) is 27.5 Å². The maximum atomic E-state index is 13.0. The van der Waals surface area contributed by atoms with Gasteiger partial charge in [-0.25, -0.2) is 9.50 Å². The number of halogens is 3. The molecule has 1 atom stereocenters. The van der Waals surface area contributed by atoms with Crippen molar-refractivity contribution in [2.24, 2.45) is 0 Å². The zero-order valence-electron chi connectivity index (χ0n) is 17.0. The Balaban J connectivity index is 1.63. The van der Waals surface area contributed by atoms with Crippen molar-refractivity contribution >= 4 is 17.4 Å². The summed E-state index contributed by atoms with van der Waals surface area (Å²) < 4.78 is 40.7. The van der Waals surface area contributed by atoms with E-state index in [1.807, 2.05) is 37.3 Å². The first-order valence-corrected chi connectivity index (χ1v) is 9.78. The summed E-state index contributed by atoms with van der Waals surface area (Å²) in [7, 11) is 0. The minimum atomic E-state index is -4.57. The van der Waals surface area contributed by atoms with E-state index >= 15 is 0 Å². The fraction of sp³-hybridized carbons (Fsp3) is 0.174. The van der Waals surface area contributed by atoms with Crippen LogP contribution in [0.2, 0.25) is 0 Å². The van der Waals surface area contributed by atoms with Gasteiger partial charge >= 0.3 is 6.18 Å². The topological polar surface area (TPSA) is 79.5 Å². The number of rotatable bonds is 5. The van der Waals surface area contributed by atoms with Gasteiger partial charge < -0.3 is 10.4 Å². The van der Waals surface area contributed by atoms with Crippen LogP contribution in [-0.4, -0.2) is 38.4 Å². The summed E-state index contributed by atoms with van der Waals surface area (Å²) in [6, 6.07) is 17.9. The number of nitrogens with zero attached hydrogens (tertiary/aromatic N) is 3. The number of aromatic nitrogens is 3. The molecule has 4 aromatic rings. The van der Waals surface area contributed by atoms with Gasteiger partial charge in [-0.1, -0.05) is 42.5 Å². The van der Waals surface area contributed by atoms with E-state index in [1.54, 1.807) is 16.6 Å². The first kappa shape index (κ1) is 21.5. The van der Waals surface area contributed by atoms with Crippen LogP contribution in [0.25, 0.3) is 16.9 Å². The van der Waals surface area contributed by atoms with Crippen molar-refractivity contribution in [2.45, 2.75) is 19.0 Å². The van der Waals surface area contributed by atoms with Gasteiger partial charge in [0.1, 0.15) is 11.7 Å². The SMILES string of the molecule is Cc1cc2nc(NC(=O)c3ccc(C(CO)C(F)(F)F)cc3)cc(-c3ccccc3)n2n1. The van der Waals surface area contributed by atoms with E-state index in [0.717, 1.165) is 17.0 Å². The van der Waals surface area contributed by atoms with Gasteiger partial charge in [0.15, 0.2) is 5.65 Å². The molecule has 164 valence electrons. The van der Waals surface area contributed by atoms with Gasteiger partial charge in [-0.3, -0.25) is 4.79 Å². The number of aryl methyl sites for hydroxylation is 1. The summed E-state index contributed by atoms with van der Waals surface area (Å²) >= 11 is 0. The van der Waals surface area contributed by atoms with Crippen molar-refractivity contribution in [1.29, 1.82) is 0 Å². The highest BCUT2D eigenvalue weighted by Crippen LogP contribution is 2.34. The number of carbonyl (C=O) groups excluding carboxylic acids is 1. The van der Waals surface area contributed by atoms with E-state index < -0.39 is 24.6 Å². The number of benzene rings is 2. The molecule has 4 rings (SSSR count). The highest BCUT2D eigenvalue weighted by molar-refractivity contribution is 6.04. The molecular formula is C23H19F3N4O2. The van der Waals surface area contributed by atoms with Crippen LogP contribution >= 0.6 is 0 Å². The second-order valence-corrected chi connectivity index (χ2v) is 7.30. The minimum absolute atomic E-state index is 0.114. The van der Waals surface area contributed by atoms with Crippen molar-refractivity contribution in [3.63, 3.8) is 0 Å². The summed E-state index contributed by atoms with van der Waals surface area (Å²) in [5.41, 5.74) is 2.97. The smallest absolute Gasteiger partial charge is 0.395 e. The molecule has 2 heterocycles. The van der Waals surface area contributed by atoms with Crippen LogP contribution in [0.3, 0.4) is 0 Å². The highest BCUT2D eigenvalue weighted by atomic mass is 19.4. The molecule has 2 aromatic carbocycles. The molecule has 0 bridgehead atoms. The summed E-state index contributed by atoms with van der Waals surface area (Å²) in [6.07, 6.45) is -4.57. The van der Waals surface area contributed by atoms with Gasteiger partial charge in [0.2, 0.25) is 0 Å². The first-order valence-electron chi connectivity index (χ1n) is 9.78. The van der Waals surface area contributed by atoms with Gasteiger partial charge in [0, 0.05) is 23.3 Å². The molecule has 1 unspecified atom stereocenters. The van der Waals surface area contributed by atoms with Crippen molar-refractivity contribution in [3.8, 4) is 11.3 Å². The van der Waals surface area contributed by atoms with E-state index in [4.69, 9.17) is 5.11 Å².